The Balaban J connectivity index is 2.56. The lowest BCUT2D eigenvalue weighted by Gasteiger charge is -2.27. The Labute approximate surface area is 92.1 Å². The van der Waals surface area contributed by atoms with Gasteiger partial charge in [0.2, 0.25) is 0 Å². The van der Waals surface area contributed by atoms with Crippen molar-refractivity contribution in [3.8, 4) is 0 Å². The molecule has 0 saturated carbocycles. The van der Waals surface area contributed by atoms with Gasteiger partial charge in [0.15, 0.2) is 0 Å². The Hall–Kier alpha value is -1.09. The minimum absolute atomic E-state index is 0.120. The molecule has 3 nitrogen and oxygen atoms in total. The average molecular weight is 207 g/mol. The van der Waals surface area contributed by atoms with Gasteiger partial charge in [0.05, 0.1) is 0 Å². The van der Waals surface area contributed by atoms with Crippen LogP contribution < -0.4 is 11.1 Å². The molecule has 84 valence electrons. The van der Waals surface area contributed by atoms with Crippen LogP contribution in [0.1, 0.15) is 32.4 Å². The second kappa shape index (κ2) is 5.12. The van der Waals surface area contributed by atoms with Crippen molar-refractivity contribution in [1.82, 2.24) is 4.98 Å². The second-order valence-corrected chi connectivity index (χ2v) is 4.09. The fraction of sp³-hybridized carbons (Fsp3) is 0.583. The predicted molar refractivity (Wildman–Crippen MR) is 65.0 cm³/mol. The van der Waals surface area contributed by atoms with Crippen LogP contribution in [0.3, 0.4) is 0 Å². The van der Waals surface area contributed by atoms with Crippen LogP contribution in [0.15, 0.2) is 18.2 Å². The number of hydrogen-bond acceptors (Lipinski definition) is 3. The molecule has 0 unspecified atom stereocenters. The number of hydrogen-bond donors (Lipinski definition) is 2. The summed E-state index contributed by atoms with van der Waals surface area (Å²) in [4.78, 5) is 4.38. The number of rotatable bonds is 5. The van der Waals surface area contributed by atoms with Gasteiger partial charge in [0, 0.05) is 17.8 Å². The highest BCUT2D eigenvalue weighted by molar-refractivity contribution is 5.35. The Bertz CT molecular complexity index is 305. The van der Waals surface area contributed by atoms with Crippen molar-refractivity contribution in [2.45, 2.75) is 39.2 Å². The Morgan fingerprint density at radius 2 is 2.00 bits per heavy atom. The lowest BCUT2D eigenvalue weighted by atomic mass is 9.94. The van der Waals surface area contributed by atoms with Gasteiger partial charge < -0.3 is 11.1 Å². The summed E-state index contributed by atoms with van der Waals surface area (Å²) in [5.41, 5.74) is 7.10. The fourth-order valence-corrected chi connectivity index (χ4v) is 1.41. The first-order valence-corrected chi connectivity index (χ1v) is 5.56. The first-order valence-electron chi connectivity index (χ1n) is 5.56. The Kier molecular flexibility index (Phi) is 4.09. The zero-order valence-electron chi connectivity index (χ0n) is 9.88. The molecular formula is C12H21N3. The zero-order chi connectivity index (χ0) is 11.3. The Morgan fingerprint density at radius 3 is 2.53 bits per heavy atom. The lowest BCUT2D eigenvalue weighted by molar-refractivity contribution is 0.418. The van der Waals surface area contributed by atoms with Crippen molar-refractivity contribution in [1.29, 1.82) is 0 Å². The molecule has 15 heavy (non-hydrogen) atoms. The minimum Gasteiger partial charge on any atom is -0.368 e. The third-order valence-corrected chi connectivity index (χ3v) is 2.92. The van der Waals surface area contributed by atoms with Crippen molar-refractivity contribution in [2.75, 3.05) is 11.9 Å². The minimum atomic E-state index is -0.120. The quantitative estimate of drug-likeness (QED) is 0.779. The molecule has 0 aliphatic heterocycles. The molecule has 1 aromatic heterocycles. The average Bonchev–Trinajstić information content (AvgIpc) is 2.26. The number of nitrogens with one attached hydrogen (secondary N) is 1. The van der Waals surface area contributed by atoms with E-state index in [9.17, 15) is 0 Å². The predicted octanol–water partition coefficient (Wildman–Crippen LogP) is 2.32. The van der Waals surface area contributed by atoms with E-state index in [0.717, 1.165) is 30.9 Å². The van der Waals surface area contributed by atoms with E-state index in [1.165, 1.54) is 0 Å². The highest BCUT2D eigenvalue weighted by Crippen LogP contribution is 2.12. The molecule has 0 fully saturated rings. The molecule has 1 rings (SSSR count). The molecule has 0 bridgehead atoms. The monoisotopic (exact) mass is 207 g/mol. The summed E-state index contributed by atoms with van der Waals surface area (Å²) in [6.07, 6.45) is 1.95. The maximum absolute atomic E-state index is 6.19. The fourth-order valence-electron chi connectivity index (χ4n) is 1.41. The van der Waals surface area contributed by atoms with Gasteiger partial charge in [-0.15, -0.1) is 0 Å². The molecule has 0 radical (unpaired) electrons. The van der Waals surface area contributed by atoms with Gasteiger partial charge in [-0.3, -0.25) is 0 Å². The van der Waals surface area contributed by atoms with Crippen LogP contribution in [0.25, 0.3) is 0 Å². The third kappa shape index (κ3) is 3.51. The molecule has 0 spiro atoms. The maximum Gasteiger partial charge on any atom is 0.126 e. The van der Waals surface area contributed by atoms with E-state index in [1.54, 1.807) is 0 Å². The maximum atomic E-state index is 6.19. The number of nitrogens with two attached hydrogens (primary N) is 1. The van der Waals surface area contributed by atoms with Crippen LogP contribution in [-0.2, 0) is 0 Å². The van der Waals surface area contributed by atoms with Gasteiger partial charge >= 0.3 is 0 Å². The number of aryl methyl sites for hydroxylation is 1. The zero-order valence-corrected chi connectivity index (χ0v) is 9.88. The van der Waals surface area contributed by atoms with Crippen LogP contribution in [0, 0.1) is 6.92 Å². The molecule has 0 aromatic carbocycles. The summed E-state index contributed by atoms with van der Waals surface area (Å²) in [5.74, 6) is 0.909. The summed E-state index contributed by atoms with van der Waals surface area (Å²) in [7, 11) is 0. The number of pyridine rings is 1. The van der Waals surface area contributed by atoms with Crippen LogP contribution in [0.5, 0.6) is 0 Å². The van der Waals surface area contributed by atoms with Crippen LogP contribution in [-0.4, -0.2) is 17.1 Å². The van der Waals surface area contributed by atoms with Crippen LogP contribution in [0.4, 0.5) is 5.82 Å². The topological polar surface area (TPSA) is 50.9 Å². The van der Waals surface area contributed by atoms with E-state index < -0.39 is 0 Å². The highest BCUT2D eigenvalue weighted by Gasteiger charge is 2.19. The molecule has 0 atom stereocenters. The van der Waals surface area contributed by atoms with E-state index in [0.29, 0.717) is 0 Å². The first kappa shape index (κ1) is 12.0. The highest BCUT2D eigenvalue weighted by atomic mass is 15.0. The van der Waals surface area contributed by atoms with Gasteiger partial charge in [-0.05, 0) is 31.9 Å². The van der Waals surface area contributed by atoms with E-state index in [-0.39, 0.29) is 5.54 Å². The van der Waals surface area contributed by atoms with Crippen molar-refractivity contribution < 1.29 is 0 Å². The molecule has 1 heterocycles. The van der Waals surface area contributed by atoms with E-state index in [2.05, 4.69) is 24.1 Å². The van der Waals surface area contributed by atoms with E-state index in [4.69, 9.17) is 5.73 Å². The largest absolute Gasteiger partial charge is 0.368 e. The molecule has 0 aliphatic rings. The van der Waals surface area contributed by atoms with Crippen molar-refractivity contribution >= 4 is 5.82 Å². The molecule has 3 heteroatoms. The van der Waals surface area contributed by atoms with Gasteiger partial charge in [0.1, 0.15) is 5.82 Å². The summed E-state index contributed by atoms with van der Waals surface area (Å²) in [5, 5.41) is 3.29. The number of aromatic nitrogens is 1. The molecule has 0 amide bonds. The molecule has 3 N–H and O–H groups in total. The van der Waals surface area contributed by atoms with E-state index >= 15 is 0 Å². The van der Waals surface area contributed by atoms with Crippen LogP contribution >= 0.6 is 0 Å². The summed E-state index contributed by atoms with van der Waals surface area (Å²) in [6.45, 7) is 7.00. The van der Waals surface area contributed by atoms with Gasteiger partial charge in [-0.2, -0.15) is 0 Å². The van der Waals surface area contributed by atoms with Gasteiger partial charge in [-0.25, -0.2) is 4.98 Å². The normalized spacial score (nSPS) is 11.5. The summed E-state index contributed by atoms with van der Waals surface area (Å²) >= 11 is 0. The third-order valence-electron chi connectivity index (χ3n) is 2.92. The van der Waals surface area contributed by atoms with Crippen molar-refractivity contribution in [2.24, 2.45) is 5.73 Å². The van der Waals surface area contributed by atoms with Crippen molar-refractivity contribution in [3.05, 3.63) is 23.9 Å². The Morgan fingerprint density at radius 1 is 1.33 bits per heavy atom. The molecule has 1 aromatic rings. The summed E-state index contributed by atoms with van der Waals surface area (Å²) in [6, 6.07) is 5.96. The number of anilines is 1. The molecule has 0 saturated heterocycles. The molecular weight excluding hydrogens is 186 g/mol. The van der Waals surface area contributed by atoms with Gasteiger partial charge in [0.25, 0.3) is 0 Å². The summed E-state index contributed by atoms with van der Waals surface area (Å²) < 4.78 is 0. The lowest BCUT2D eigenvalue weighted by Crippen LogP contribution is -2.45. The van der Waals surface area contributed by atoms with Crippen LogP contribution in [0.2, 0.25) is 0 Å². The SMILES string of the molecule is CCC(N)(CC)CNc1cccc(C)n1. The molecule has 0 aliphatic carbocycles. The second-order valence-electron chi connectivity index (χ2n) is 4.09. The van der Waals surface area contributed by atoms with Gasteiger partial charge in [-0.1, -0.05) is 19.9 Å². The standard InChI is InChI=1S/C12H21N3/c1-4-12(13,5-2)9-14-11-8-6-7-10(3)15-11/h6-8H,4-5,9,13H2,1-3H3,(H,14,15). The first-order chi connectivity index (χ1) is 7.09. The van der Waals surface area contributed by atoms with Crippen molar-refractivity contribution in [3.63, 3.8) is 0 Å². The smallest absolute Gasteiger partial charge is 0.126 e. The number of nitrogens with zero attached hydrogens (tertiary/aromatic N) is 1. The van der Waals surface area contributed by atoms with E-state index in [1.807, 2.05) is 25.1 Å².